The van der Waals surface area contributed by atoms with Crippen molar-refractivity contribution in [2.45, 2.75) is 0 Å². The van der Waals surface area contributed by atoms with E-state index in [1.54, 1.807) is 19.2 Å². The molecule has 0 spiro atoms. The van der Waals surface area contributed by atoms with Gasteiger partial charge < -0.3 is 9.15 Å². The van der Waals surface area contributed by atoms with Gasteiger partial charge in [-0.2, -0.15) is 0 Å². The van der Waals surface area contributed by atoms with Crippen LogP contribution in [0.5, 0.6) is 5.75 Å². The van der Waals surface area contributed by atoms with Crippen LogP contribution in [0, 0.1) is 0 Å². The van der Waals surface area contributed by atoms with Crippen LogP contribution in [0.4, 0.5) is 0 Å². The molecule has 4 rings (SSSR count). The molecule has 0 N–H and O–H groups in total. The highest BCUT2D eigenvalue weighted by molar-refractivity contribution is 7.13. The van der Waals surface area contributed by atoms with Gasteiger partial charge in [-0.15, -0.1) is 11.3 Å². The first-order chi connectivity index (χ1) is 12.2. The molecule has 4 aromatic rings. The van der Waals surface area contributed by atoms with Gasteiger partial charge in [0.15, 0.2) is 11.3 Å². The lowest BCUT2D eigenvalue weighted by molar-refractivity contribution is 0.407. The monoisotopic (exact) mass is 369 g/mol. The Kier molecular flexibility index (Phi) is 4.03. The quantitative estimate of drug-likeness (QED) is 0.463. The van der Waals surface area contributed by atoms with Gasteiger partial charge in [-0.05, 0) is 24.3 Å². The van der Waals surface area contributed by atoms with Crippen molar-refractivity contribution in [3.05, 3.63) is 69.4 Å². The van der Waals surface area contributed by atoms with Crippen molar-refractivity contribution in [1.82, 2.24) is 4.98 Å². The van der Waals surface area contributed by atoms with Crippen LogP contribution in [0.25, 0.3) is 32.8 Å². The molecule has 0 fully saturated rings. The Balaban J connectivity index is 1.81. The van der Waals surface area contributed by atoms with Crippen LogP contribution in [0.3, 0.4) is 0 Å². The fraction of sp³-hybridized carbons (Fsp3) is 0.0526. The van der Waals surface area contributed by atoms with Gasteiger partial charge in [0.25, 0.3) is 0 Å². The second-order valence-electron chi connectivity index (χ2n) is 5.37. The van der Waals surface area contributed by atoms with Gasteiger partial charge in [-0.1, -0.05) is 35.9 Å². The predicted octanol–water partition coefficient (Wildman–Crippen LogP) is 5.25. The number of hydrogen-bond acceptors (Lipinski definition) is 5. The van der Waals surface area contributed by atoms with Crippen molar-refractivity contribution >= 4 is 33.9 Å². The second-order valence-corrected chi connectivity index (χ2v) is 6.67. The molecule has 0 saturated carbocycles. The summed E-state index contributed by atoms with van der Waals surface area (Å²) in [7, 11) is 1.54. The van der Waals surface area contributed by atoms with E-state index in [-0.39, 0.29) is 0 Å². The van der Waals surface area contributed by atoms with Crippen molar-refractivity contribution in [1.29, 1.82) is 0 Å². The number of halogens is 1. The topological polar surface area (TPSA) is 52.3 Å². The van der Waals surface area contributed by atoms with E-state index in [1.807, 2.05) is 41.8 Å². The maximum absolute atomic E-state index is 12.4. The number of rotatable bonds is 3. The zero-order valence-corrected chi connectivity index (χ0v) is 14.7. The summed E-state index contributed by atoms with van der Waals surface area (Å²) in [5.41, 5.74) is 1.97. The average molecular weight is 370 g/mol. The third-order valence-electron chi connectivity index (χ3n) is 3.82. The Bertz CT molecular complexity index is 1120. The number of fused-ring (bicyclic) bond motifs is 1. The zero-order chi connectivity index (χ0) is 17.4. The number of aromatic nitrogens is 1. The van der Waals surface area contributed by atoms with E-state index < -0.39 is 5.63 Å². The Morgan fingerprint density at radius 1 is 1.16 bits per heavy atom. The highest BCUT2D eigenvalue weighted by Crippen LogP contribution is 2.31. The first kappa shape index (κ1) is 15.9. The number of ether oxygens (including phenoxy) is 1. The van der Waals surface area contributed by atoms with Crippen LogP contribution in [0.15, 0.2) is 63.1 Å². The van der Waals surface area contributed by atoms with E-state index in [0.717, 1.165) is 16.0 Å². The van der Waals surface area contributed by atoms with Gasteiger partial charge in [-0.3, -0.25) is 0 Å². The highest BCUT2D eigenvalue weighted by Gasteiger charge is 2.14. The Morgan fingerprint density at radius 3 is 2.72 bits per heavy atom. The van der Waals surface area contributed by atoms with E-state index in [4.69, 9.17) is 20.8 Å². The van der Waals surface area contributed by atoms with Crippen molar-refractivity contribution in [2.75, 3.05) is 7.11 Å². The largest absolute Gasteiger partial charge is 0.493 e. The van der Waals surface area contributed by atoms with E-state index in [2.05, 4.69) is 4.98 Å². The minimum Gasteiger partial charge on any atom is -0.493 e. The van der Waals surface area contributed by atoms with Crippen molar-refractivity contribution in [2.24, 2.45) is 0 Å². The normalized spacial score (nSPS) is 11.0. The molecule has 0 atom stereocenters. The molecule has 0 saturated heterocycles. The number of benzene rings is 2. The summed E-state index contributed by atoms with van der Waals surface area (Å²) in [6, 6.07) is 14.7. The van der Waals surface area contributed by atoms with Gasteiger partial charge >= 0.3 is 5.63 Å². The molecule has 25 heavy (non-hydrogen) atoms. The van der Waals surface area contributed by atoms with Gasteiger partial charge in [0, 0.05) is 21.4 Å². The van der Waals surface area contributed by atoms with Crippen molar-refractivity contribution in [3.8, 4) is 27.6 Å². The number of para-hydroxylation sites is 1. The number of hydrogen-bond donors (Lipinski definition) is 0. The summed E-state index contributed by atoms with van der Waals surface area (Å²) in [6.07, 6.45) is 0. The van der Waals surface area contributed by atoms with Crippen LogP contribution in [0.2, 0.25) is 5.02 Å². The third kappa shape index (κ3) is 2.92. The lowest BCUT2D eigenvalue weighted by Crippen LogP contribution is -2.03. The molecule has 2 aromatic heterocycles. The first-order valence-electron chi connectivity index (χ1n) is 7.48. The fourth-order valence-corrected chi connectivity index (χ4v) is 3.53. The molecule has 6 heteroatoms. The number of thiazole rings is 1. The zero-order valence-electron chi connectivity index (χ0n) is 13.2. The minimum atomic E-state index is -0.440. The second kappa shape index (κ2) is 6.35. The molecule has 124 valence electrons. The van der Waals surface area contributed by atoms with Crippen LogP contribution >= 0.6 is 22.9 Å². The molecule has 0 aliphatic heterocycles. The van der Waals surface area contributed by atoms with Gasteiger partial charge in [-0.25, -0.2) is 9.78 Å². The standard InChI is InChI=1S/C19H12ClNO3S/c1-23-16-4-2-3-12-9-14(19(22)24-17(12)16)15-10-25-18(21-15)11-5-7-13(20)8-6-11/h2-10H,1H3. The third-order valence-corrected chi connectivity index (χ3v) is 4.96. The smallest absolute Gasteiger partial charge is 0.345 e. The van der Waals surface area contributed by atoms with Crippen LogP contribution < -0.4 is 10.4 Å². The summed E-state index contributed by atoms with van der Waals surface area (Å²) in [5.74, 6) is 0.529. The average Bonchev–Trinajstić information content (AvgIpc) is 3.11. The van der Waals surface area contributed by atoms with Crippen LogP contribution in [-0.2, 0) is 0 Å². The molecule has 0 aliphatic rings. The van der Waals surface area contributed by atoms with Gasteiger partial charge in [0.2, 0.25) is 0 Å². The summed E-state index contributed by atoms with van der Waals surface area (Å²) >= 11 is 7.39. The summed E-state index contributed by atoms with van der Waals surface area (Å²) < 4.78 is 10.7. The highest BCUT2D eigenvalue weighted by atomic mass is 35.5. The Hall–Kier alpha value is -2.63. The number of nitrogens with zero attached hydrogens (tertiary/aromatic N) is 1. The summed E-state index contributed by atoms with van der Waals surface area (Å²) in [4.78, 5) is 17.0. The molecule has 2 aromatic carbocycles. The van der Waals surface area contributed by atoms with E-state index in [1.165, 1.54) is 11.3 Å². The maximum atomic E-state index is 12.4. The molecular formula is C19H12ClNO3S. The predicted molar refractivity (Wildman–Crippen MR) is 101 cm³/mol. The Morgan fingerprint density at radius 2 is 1.96 bits per heavy atom. The molecule has 0 unspecified atom stereocenters. The molecule has 0 radical (unpaired) electrons. The summed E-state index contributed by atoms with van der Waals surface area (Å²) in [5, 5.41) is 4.12. The van der Waals surface area contributed by atoms with Gasteiger partial charge in [0.05, 0.1) is 18.4 Å². The minimum absolute atomic E-state index is 0.428. The van der Waals surface area contributed by atoms with Gasteiger partial charge in [0.1, 0.15) is 5.01 Å². The molecular weight excluding hydrogens is 358 g/mol. The molecule has 0 amide bonds. The molecule has 0 aliphatic carbocycles. The van der Waals surface area contributed by atoms with Crippen LogP contribution in [-0.4, -0.2) is 12.1 Å². The van der Waals surface area contributed by atoms with Crippen LogP contribution in [0.1, 0.15) is 0 Å². The Labute approximate surface area is 152 Å². The molecule has 0 bridgehead atoms. The first-order valence-corrected chi connectivity index (χ1v) is 8.74. The van der Waals surface area contributed by atoms with E-state index in [9.17, 15) is 4.79 Å². The fourth-order valence-electron chi connectivity index (χ4n) is 2.58. The van der Waals surface area contributed by atoms with Crippen molar-refractivity contribution in [3.63, 3.8) is 0 Å². The SMILES string of the molecule is COc1cccc2cc(-c3csc(-c4ccc(Cl)cc4)n3)c(=O)oc12. The van der Waals surface area contributed by atoms with E-state index >= 15 is 0 Å². The maximum Gasteiger partial charge on any atom is 0.345 e. The summed E-state index contributed by atoms with van der Waals surface area (Å²) in [6.45, 7) is 0. The lowest BCUT2D eigenvalue weighted by atomic mass is 10.1. The molecule has 2 heterocycles. The lowest BCUT2D eigenvalue weighted by Gasteiger charge is -2.04. The van der Waals surface area contributed by atoms with Crippen molar-refractivity contribution < 1.29 is 9.15 Å². The molecule has 4 nitrogen and oxygen atoms in total. The van der Waals surface area contributed by atoms with E-state index in [0.29, 0.717) is 27.6 Å². The number of methoxy groups -OCH3 is 1.